The summed E-state index contributed by atoms with van der Waals surface area (Å²) >= 11 is 0. The molecule has 0 saturated heterocycles. The van der Waals surface area contributed by atoms with Gasteiger partial charge >= 0.3 is 0 Å². The largest absolute Gasteiger partial charge is 0.350 e. The van der Waals surface area contributed by atoms with Crippen molar-refractivity contribution in [2.45, 2.75) is 45.1 Å². The molecule has 1 fully saturated rings. The van der Waals surface area contributed by atoms with Gasteiger partial charge in [0.05, 0.1) is 0 Å². The Morgan fingerprint density at radius 3 is 2.22 bits per heavy atom. The first-order valence-corrected chi connectivity index (χ1v) is 7.95. The van der Waals surface area contributed by atoms with Crippen molar-refractivity contribution < 1.29 is 9.59 Å². The first-order valence-electron chi connectivity index (χ1n) is 7.95. The van der Waals surface area contributed by atoms with Crippen molar-refractivity contribution in [2.75, 3.05) is 11.9 Å². The summed E-state index contributed by atoms with van der Waals surface area (Å²) in [7, 11) is 0. The Bertz CT molecular complexity index is 537. The molecule has 0 atom stereocenters. The molecule has 23 heavy (non-hydrogen) atoms. The van der Waals surface area contributed by atoms with Gasteiger partial charge in [-0.2, -0.15) is 0 Å². The lowest BCUT2D eigenvalue weighted by Gasteiger charge is -2.26. The topological polar surface area (TPSA) is 84.2 Å². The van der Waals surface area contributed by atoms with Crippen LogP contribution in [0.15, 0.2) is 24.3 Å². The maximum atomic E-state index is 12.1. The molecule has 1 aliphatic carbocycles. The van der Waals surface area contributed by atoms with Gasteiger partial charge in [-0.25, -0.2) is 0 Å². The highest BCUT2D eigenvalue weighted by Gasteiger charge is 2.29. The number of amides is 2. The van der Waals surface area contributed by atoms with Crippen LogP contribution in [0.5, 0.6) is 0 Å². The molecule has 4 N–H and O–H groups in total. The SMILES string of the molecule is CCC(N)(CC)CNC(=O)c1ccc(NC(=O)C2CC2)cc1.Cl. The van der Waals surface area contributed by atoms with Crippen LogP contribution in [0.2, 0.25) is 0 Å². The van der Waals surface area contributed by atoms with E-state index in [1.165, 1.54) is 0 Å². The van der Waals surface area contributed by atoms with Crippen LogP contribution in [0.25, 0.3) is 0 Å². The average Bonchev–Trinajstić information content (AvgIpc) is 3.38. The van der Waals surface area contributed by atoms with E-state index in [1.807, 2.05) is 13.8 Å². The maximum Gasteiger partial charge on any atom is 0.251 e. The molecule has 0 bridgehead atoms. The van der Waals surface area contributed by atoms with Crippen molar-refractivity contribution in [3.8, 4) is 0 Å². The molecule has 128 valence electrons. The number of halogens is 1. The molecule has 1 aromatic carbocycles. The van der Waals surface area contributed by atoms with E-state index in [1.54, 1.807) is 24.3 Å². The minimum Gasteiger partial charge on any atom is -0.350 e. The summed E-state index contributed by atoms with van der Waals surface area (Å²) in [4.78, 5) is 23.8. The number of hydrogen-bond donors (Lipinski definition) is 3. The number of nitrogens with one attached hydrogen (secondary N) is 2. The highest BCUT2D eigenvalue weighted by Crippen LogP contribution is 2.30. The van der Waals surface area contributed by atoms with Crippen LogP contribution in [-0.4, -0.2) is 23.9 Å². The van der Waals surface area contributed by atoms with Gasteiger partial charge in [-0.1, -0.05) is 13.8 Å². The number of rotatable bonds is 7. The average molecular weight is 340 g/mol. The summed E-state index contributed by atoms with van der Waals surface area (Å²) in [5, 5.41) is 5.73. The molecule has 2 rings (SSSR count). The van der Waals surface area contributed by atoms with Gasteiger partial charge in [0.2, 0.25) is 5.91 Å². The number of carbonyl (C=O) groups excluding carboxylic acids is 2. The van der Waals surface area contributed by atoms with Crippen LogP contribution in [0.3, 0.4) is 0 Å². The van der Waals surface area contributed by atoms with E-state index in [0.29, 0.717) is 12.1 Å². The minimum atomic E-state index is -0.353. The minimum absolute atomic E-state index is 0. The fraction of sp³-hybridized carbons (Fsp3) is 0.529. The predicted octanol–water partition coefficient (Wildman–Crippen LogP) is 2.70. The second-order valence-electron chi connectivity index (χ2n) is 6.09. The van der Waals surface area contributed by atoms with Crippen molar-refractivity contribution >= 4 is 29.9 Å². The maximum absolute atomic E-state index is 12.1. The molecular formula is C17H26ClN3O2. The second kappa shape index (κ2) is 8.31. The van der Waals surface area contributed by atoms with E-state index < -0.39 is 0 Å². The molecule has 1 saturated carbocycles. The number of hydrogen-bond acceptors (Lipinski definition) is 3. The van der Waals surface area contributed by atoms with Crippen molar-refractivity contribution in [3.05, 3.63) is 29.8 Å². The lowest BCUT2D eigenvalue weighted by molar-refractivity contribution is -0.117. The Balaban J connectivity index is 0.00000264. The van der Waals surface area contributed by atoms with Crippen molar-refractivity contribution in [2.24, 2.45) is 11.7 Å². The van der Waals surface area contributed by atoms with E-state index >= 15 is 0 Å². The van der Waals surface area contributed by atoms with Gasteiger partial charge in [0.25, 0.3) is 5.91 Å². The van der Waals surface area contributed by atoms with E-state index in [9.17, 15) is 9.59 Å². The highest BCUT2D eigenvalue weighted by molar-refractivity contribution is 5.96. The lowest BCUT2D eigenvalue weighted by Crippen LogP contribution is -2.49. The zero-order valence-electron chi connectivity index (χ0n) is 13.7. The molecule has 0 spiro atoms. The van der Waals surface area contributed by atoms with E-state index in [-0.39, 0.29) is 35.7 Å². The molecule has 2 amide bonds. The molecular weight excluding hydrogens is 314 g/mol. The monoisotopic (exact) mass is 339 g/mol. The van der Waals surface area contributed by atoms with Gasteiger partial charge in [0.1, 0.15) is 0 Å². The summed E-state index contributed by atoms with van der Waals surface area (Å²) in [6, 6.07) is 6.94. The Labute approximate surface area is 143 Å². The van der Waals surface area contributed by atoms with E-state index in [4.69, 9.17) is 5.73 Å². The van der Waals surface area contributed by atoms with Gasteiger partial charge in [-0.15, -0.1) is 12.4 Å². The van der Waals surface area contributed by atoms with Crippen LogP contribution < -0.4 is 16.4 Å². The Morgan fingerprint density at radius 1 is 1.17 bits per heavy atom. The molecule has 0 radical (unpaired) electrons. The van der Waals surface area contributed by atoms with Gasteiger partial charge in [0.15, 0.2) is 0 Å². The van der Waals surface area contributed by atoms with E-state index in [0.717, 1.165) is 31.4 Å². The Hall–Kier alpha value is -1.59. The zero-order valence-corrected chi connectivity index (χ0v) is 14.5. The Kier molecular flexibility index (Phi) is 7.03. The summed E-state index contributed by atoms with van der Waals surface area (Å²) in [6.07, 6.45) is 3.58. The van der Waals surface area contributed by atoms with Gasteiger partial charge in [-0.3, -0.25) is 9.59 Å². The first-order chi connectivity index (χ1) is 10.5. The van der Waals surface area contributed by atoms with Crippen molar-refractivity contribution in [3.63, 3.8) is 0 Å². The predicted molar refractivity (Wildman–Crippen MR) is 94.9 cm³/mol. The van der Waals surface area contributed by atoms with Crippen molar-refractivity contribution in [1.29, 1.82) is 0 Å². The molecule has 1 aliphatic rings. The zero-order chi connectivity index (χ0) is 16.2. The summed E-state index contributed by atoms with van der Waals surface area (Å²) in [5.41, 5.74) is 7.11. The summed E-state index contributed by atoms with van der Waals surface area (Å²) in [6.45, 7) is 4.50. The fourth-order valence-corrected chi connectivity index (χ4v) is 2.15. The van der Waals surface area contributed by atoms with Gasteiger partial charge in [0, 0.05) is 29.3 Å². The lowest BCUT2D eigenvalue weighted by atomic mass is 9.94. The van der Waals surface area contributed by atoms with Crippen molar-refractivity contribution in [1.82, 2.24) is 5.32 Å². The molecule has 6 heteroatoms. The number of carbonyl (C=O) groups is 2. The smallest absolute Gasteiger partial charge is 0.251 e. The van der Waals surface area contributed by atoms with Crippen LogP contribution in [0.1, 0.15) is 49.9 Å². The molecule has 0 unspecified atom stereocenters. The summed E-state index contributed by atoms with van der Waals surface area (Å²) in [5.74, 6) is 0.0940. The third kappa shape index (κ3) is 5.52. The molecule has 0 heterocycles. The number of anilines is 1. The third-order valence-corrected chi connectivity index (χ3v) is 4.37. The normalized spacial score (nSPS) is 13.9. The van der Waals surface area contributed by atoms with Crippen LogP contribution in [0, 0.1) is 5.92 Å². The first kappa shape index (κ1) is 19.5. The molecule has 0 aliphatic heterocycles. The van der Waals surface area contributed by atoms with Gasteiger partial charge < -0.3 is 16.4 Å². The number of benzene rings is 1. The molecule has 0 aromatic heterocycles. The molecule has 1 aromatic rings. The van der Waals surface area contributed by atoms with Crippen LogP contribution >= 0.6 is 12.4 Å². The van der Waals surface area contributed by atoms with Crippen LogP contribution in [-0.2, 0) is 4.79 Å². The number of nitrogens with two attached hydrogens (primary N) is 1. The standard InChI is InChI=1S/C17H25N3O2.ClH/c1-3-17(18,4-2)11-19-15(21)12-7-9-14(10-8-12)20-16(22)13-5-6-13;/h7-10,13H,3-6,11,18H2,1-2H3,(H,19,21)(H,20,22);1H. The fourth-order valence-electron chi connectivity index (χ4n) is 2.15. The highest BCUT2D eigenvalue weighted by atomic mass is 35.5. The quantitative estimate of drug-likeness (QED) is 0.714. The van der Waals surface area contributed by atoms with Gasteiger partial charge in [-0.05, 0) is 49.9 Å². The molecule has 5 nitrogen and oxygen atoms in total. The van der Waals surface area contributed by atoms with E-state index in [2.05, 4.69) is 10.6 Å². The summed E-state index contributed by atoms with van der Waals surface area (Å²) < 4.78 is 0. The second-order valence-corrected chi connectivity index (χ2v) is 6.09. The third-order valence-electron chi connectivity index (χ3n) is 4.37. The Morgan fingerprint density at radius 2 is 1.74 bits per heavy atom. The van der Waals surface area contributed by atoms with Crippen LogP contribution in [0.4, 0.5) is 5.69 Å².